The van der Waals surface area contributed by atoms with Gasteiger partial charge in [0.15, 0.2) is 0 Å². The highest BCUT2D eigenvalue weighted by Gasteiger charge is 2.33. The lowest BCUT2D eigenvalue weighted by Gasteiger charge is -2.19. The zero-order valence-electron chi connectivity index (χ0n) is 13.9. The summed E-state index contributed by atoms with van der Waals surface area (Å²) in [5, 5.41) is 3.74. The summed E-state index contributed by atoms with van der Waals surface area (Å²) in [5.74, 6) is -0.0504. The molecule has 1 unspecified atom stereocenters. The third kappa shape index (κ3) is 4.09. The number of aryl methyl sites for hydroxylation is 1. The van der Waals surface area contributed by atoms with Crippen LogP contribution in [0.25, 0.3) is 0 Å². The van der Waals surface area contributed by atoms with Gasteiger partial charge in [-0.1, -0.05) is 6.42 Å². The Morgan fingerprint density at radius 1 is 1.48 bits per heavy atom. The molecule has 1 heterocycles. The van der Waals surface area contributed by atoms with Gasteiger partial charge in [0.25, 0.3) is 0 Å². The van der Waals surface area contributed by atoms with Crippen LogP contribution in [0, 0.1) is 18.8 Å². The van der Waals surface area contributed by atoms with Crippen molar-refractivity contribution in [1.82, 2.24) is 10.3 Å². The summed E-state index contributed by atoms with van der Waals surface area (Å²) in [6.07, 6.45) is 2.97. The SMILES string of the molecule is CCOC(=O)c1sc(C(C)NC(=O)[C@@H]2CCC[C@@H]2CN)nc1C. The largest absolute Gasteiger partial charge is 0.462 e. The average molecular weight is 339 g/mol. The number of amides is 1. The minimum absolute atomic E-state index is 0.00645. The van der Waals surface area contributed by atoms with Gasteiger partial charge < -0.3 is 15.8 Å². The summed E-state index contributed by atoms with van der Waals surface area (Å²) in [4.78, 5) is 29.2. The molecule has 7 heteroatoms. The number of nitrogens with two attached hydrogens (primary N) is 1. The molecule has 3 N–H and O–H groups in total. The number of thiazole rings is 1. The molecule has 0 saturated heterocycles. The molecule has 0 bridgehead atoms. The molecule has 23 heavy (non-hydrogen) atoms. The normalized spacial score (nSPS) is 21.9. The molecule has 1 aliphatic carbocycles. The second kappa shape index (κ2) is 7.88. The van der Waals surface area contributed by atoms with Crippen molar-refractivity contribution in [3.05, 3.63) is 15.6 Å². The van der Waals surface area contributed by atoms with Crippen LogP contribution in [0.3, 0.4) is 0 Å². The number of nitrogens with one attached hydrogen (secondary N) is 1. The highest BCUT2D eigenvalue weighted by atomic mass is 32.1. The Hall–Kier alpha value is -1.47. The van der Waals surface area contributed by atoms with Gasteiger partial charge in [-0.2, -0.15) is 0 Å². The molecular formula is C16H25N3O3S. The van der Waals surface area contributed by atoms with Crippen LogP contribution in [0.15, 0.2) is 0 Å². The predicted molar refractivity (Wildman–Crippen MR) is 89.3 cm³/mol. The number of hydrogen-bond donors (Lipinski definition) is 2. The van der Waals surface area contributed by atoms with E-state index in [1.807, 2.05) is 6.92 Å². The van der Waals surface area contributed by atoms with Crippen LogP contribution in [-0.2, 0) is 9.53 Å². The molecule has 1 fully saturated rings. The van der Waals surface area contributed by atoms with Crippen LogP contribution >= 0.6 is 11.3 Å². The van der Waals surface area contributed by atoms with Gasteiger partial charge in [-0.25, -0.2) is 9.78 Å². The molecule has 1 saturated carbocycles. The number of carbonyl (C=O) groups excluding carboxylic acids is 2. The van der Waals surface area contributed by atoms with E-state index in [4.69, 9.17) is 10.5 Å². The molecule has 6 nitrogen and oxygen atoms in total. The molecule has 3 atom stereocenters. The summed E-state index contributed by atoms with van der Waals surface area (Å²) in [5.41, 5.74) is 6.39. The minimum Gasteiger partial charge on any atom is -0.462 e. The van der Waals surface area contributed by atoms with E-state index in [9.17, 15) is 9.59 Å². The summed E-state index contributed by atoms with van der Waals surface area (Å²) < 4.78 is 5.02. The van der Waals surface area contributed by atoms with Crippen molar-refractivity contribution in [2.75, 3.05) is 13.2 Å². The van der Waals surface area contributed by atoms with E-state index in [1.165, 1.54) is 11.3 Å². The van der Waals surface area contributed by atoms with Crippen molar-refractivity contribution >= 4 is 23.2 Å². The average Bonchev–Trinajstić information content (AvgIpc) is 3.13. The van der Waals surface area contributed by atoms with Crippen LogP contribution < -0.4 is 11.1 Å². The lowest BCUT2D eigenvalue weighted by Crippen LogP contribution is -2.36. The molecule has 2 rings (SSSR count). The first-order valence-corrected chi connectivity index (χ1v) is 8.94. The Balaban J connectivity index is 2.03. The first kappa shape index (κ1) is 17.9. The fourth-order valence-corrected chi connectivity index (χ4v) is 4.00. The van der Waals surface area contributed by atoms with Gasteiger partial charge in [-0.05, 0) is 46.1 Å². The zero-order valence-corrected chi connectivity index (χ0v) is 14.7. The van der Waals surface area contributed by atoms with Gasteiger partial charge in [0.2, 0.25) is 5.91 Å². The van der Waals surface area contributed by atoms with Crippen molar-refractivity contribution in [3.8, 4) is 0 Å². The molecule has 0 aromatic carbocycles. The van der Waals surface area contributed by atoms with E-state index in [-0.39, 0.29) is 29.8 Å². The number of carbonyl (C=O) groups is 2. The van der Waals surface area contributed by atoms with Gasteiger partial charge in [0.05, 0.1) is 18.3 Å². The maximum absolute atomic E-state index is 12.4. The van der Waals surface area contributed by atoms with Crippen LogP contribution in [0.1, 0.15) is 59.5 Å². The molecule has 0 spiro atoms. The maximum Gasteiger partial charge on any atom is 0.350 e. The van der Waals surface area contributed by atoms with Crippen molar-refractivity contribution in [2.45, 2.75) is 46.1 Å². The smallest absolute Gasteiger partial charge is 0.350 e. The number of rotatable bonds is 6. The maximum atomic E-state index is 12.4. The standard InChI is InChI=1S/C16H25N3O3S/c1-4-22-16(21)13-9(2)19-15(23-13)10(3)18-14(20)12-7-5-6-11(12)8-17/h10-12H,4-8,17H2,1-3H3,(H,18,20)/t10?,11-,12-/m1/s1. The minimum atomic E-state index is -0.355. The van der Waals surface area contributed by atoms with Gasteiger partial charge >= 0.3 is 5.97 Å². The van der Waals surface area contributed by atoms with E-state index in [1.54, 1.807) is 13.8 Å². The van der Waals surface area contributed by atoms with Crippen LogP contribution in [-0.4, -0.2) is 30.0 Å². The fourth-order valence-electron chi connectivity index (χ4n) is 3.03. The molecular weight excluding hydrogens is 314 g/mol. The summed E-state index contributed by atoms with van der Waals surface area (Å²) in [7, 11) is 0. The monoisotopic (exact) mass is 339 g/mol. The second-order valence-corrected chi connectivity index (χ2v) is 6.98. The van der Waals surface area contributed by atoms with Gasteiger partial charge in [0.1, 0.15) is 9.88 Å². The molecule has 0 aliphatic heterocycles. The molecule has 0 radical (unpaired) electrons. The van der Waals surface area contributed by atoms with E-state index in [2.05, 4.69) is 10.3 Å². The second-order valence-electron chi connectivity index (χ2n) is 5.95. The molecule has 1 amide bonds. The van der Waals surface area contributed by atoms with E-state index < -0.39 is 0 Å². The third-order valence-corrected chi connectivity index (χ3v) is 5.62. The van der Waals surface area contributed by atoms with Crippen molar-refractivity contribution in [1.29, 1.82) is 0 Å². The molecule has 1 aromatic heterocycles. The van der Waals surface area contributed by atoms with Gasteiger partial charge in [-0.15, -0.1) is 11.3 Å². The topological polar surface area (TPSA) is 94.3 Å². The quantitative estimate of drug-likeness (QED) is 0.775. The van der Waals surface area contributed by atoms with Crippen molar-refractivity contribution in [2.24, 2.45) is 17.6 Å². The Kier molecular flexibility index (Phi) is 6.12. The fraction of sp³-hybridized carbons (Fsp3) is 0.688. The van der Waals surface area contributed by atoms with E-state index >= 15 is 0 Å². The highest BCUT2D eigenvalue weighted by Crippen LogP contribution is 2.32. The number of aromatic nitrogens is 1. The van der Waals surface area contributed by atoms with Gasteiger partial charge in [-0.3, -0.25) is 4.79 Å². The van der Waals surface area contributed by atoms with Crippen LogP contribution in [0.2, 0.25) is 0 Å². The Labute approximate surface area is 140 Å². The van der Waals surface area contributed by atoms with Crippen LogP contribution in [0.4, 0.5) is 0 Å². The summed E-state index contributed by atoms with van der Waals surface area (Å²) in [6, 6.07) is -0.228. The predicted octanol–water partition coefficient (Wildman–Crippen LogP) is 2.18. The number of nitrogens with zero attached hydrogens (tertiary/aromatic N) is 1. The number of ether oxygens (including phenoxy) is 1. The lowest BCUT2D eigenvalue weighted by atomic mass is 9.95. The molecule has 1 aliphatic rings. The van der Waals surface area contributed by atoms with Crippen LogP contribution in [0.5, 0.6) is 0 Å². The lowest BCUT2D eigenvalue weighted by molar-refractivity contribution is -0.126. The van der Waals surface area contributed by atoms with E-state index in [0.717, 1.165) is 24.3 Å². The number of hydrogen-bond acceptors (Lipinski definition) is 6. The third-order valence-electron chi connectivity index (χ3n) is 4.30. The first-order chi connectivity index (χ1) is 11.0. The van der Waals surface area contributed by atoms with Gasteiger partial charge in [0, 0.05) is 5.92 Å². The Morgan fingerprint density at radius 2 is 2.22 bits per heavy atom. The number of esters is 1. The Bertz CT molecular complexity index is 573. The molecule has 128 valence electrons. The summed E-state index contributed by atoms with van der Waals surface area (Å²) in [6.45, 7) is 6.32. The van der Waals surface area contributed by atoms with Crippen molar-refractivity contribution < 1.29 is 14.3 Å². The van der Waals surface area contributed by atoms with Crippen molar-refractivity contribution in [3.63, 3.8) is 0 Å². The summed E-state index contributed by atoms with van der Waals surface area (Å²) >= 11 is 1.28. The molecule has 1 aromatic rings. The zero-order chi connectivity index (χ0) is 17.0. The Morgan fingerprint density at radius 3 is 2.87 bits per heavy atom. The highest BCUT2D eigenvalue weighted by molar-refractivity contribution is 7.13. The van der Waals surface area contributed by atoms with E-state index in [0.29, 0.717) is 23.7 Å². The first-order valence-electron chi connectivity index (χ1n) is 8.12.